The molecule has 3 rings (SSSR count). The van der Waals surface area contributed by atoms with Gasteiger partial charge in [-0.15, -0.1) is 0 Å². The number of rotatable bonds is 9. The maximum absolute atomic E-state index is 12.8. The van der Waals surface area contributed by atoms with Gasteiger partial charge in [-0.25, -0.2) is 4.79 Å². The molecule has 0 fully saturated rings. The predicted octanol–water partition coefficient (Wildman–Crippen LogP) is 3.56. The molecule has 154 valence electrons. The van der Waals surface area contributed by atoms with Crippen molar-refractivity contribution in [1.29, 1.82) is 0 Å². The van der Waals surface area contributed by atoms with Crippen molar-refractivity contribution in [2.75, 3.05) is 6.61 Å². The predicted molar refractivity (Wildman–Crippen MR) is 113 cm³/mol. The molecular weight excluding hydrogens is 380 g/mol. The van der Waals surface area contributed by atoms with Crippen LogP contribution in [0.4, 0.5) is 0 Å². The number of amides is 1. The van der Waals surface area contributed by atoms with Crippen molar-refractivity contribution < 1.29 is 19.1 Å². The van der Waals surface area contributed by atoms with E-state index in [9.17, 15) is 9.59 Å². The highest BCUT2D eigenvalue weighted by molar-refractivity contribution is 5.97. The Morgan fingerprint density at radius 1 is 1.00 bits per heavy atom. The highest BCUT2D eigenvalue weighted by Crippen LogP contribution is 2.16. The lowest BCUT2D eigenvalue weighted by atomic mass is 10.1. The summed E-state index contributed by atoms with van der Waals surface area (Å²) in [7, 11) is 0. The van der Waals surface area contributed by atoms with Crippen LogP contribution in [0, 0.1) is 0 Å². The van der Waals surface area contributed by atoms with Gasteiger partial charge in [-0.3, -0.25) is 9.78 Å². The van der Waals surface area contributed by atoms with Crippen molar-refractivity contribution in [2.45, 2.75) is 26.0 Å². The Morgan fingerprint density at radius 3 is 2.53 bits per heavy atom. The number of hydrogen-bond acceptors (Lipinski definition) is 5. The van der Waals surface area contributed by atoms with Gasteiger partial charge < -0.3 is 14.8 Å². The zero-order valence-electron chi connectivity index (χ0n) is 16.8. The van der Waals surface area contributed by atoms with Gasteiger partial charge in [0.25, 0.3) is 5.91 Å². The molecule has 0 spiro atoms. The summed E-state index contributed by atoms with van der Waals surface area (Å²) in [5.74, 6) is -0.267. The van der Waals surface area contributed by atoms with E-state index in [0.29, 0.717) is 24.3 Å². The number of pyridine rings is 1. The molecule has 6 heteroatoms. The van der Waals surface area contributed by atoms with Crippen molar-refractivity contribution in [2.24, 2.45) is 0 Å². The molecule has 1 N–H and O–H groups in total. The van der Waals surface area contributed by atoms with Crippen LogP contribution >= 0.6 is 0 Å². The Morgan fingerprint density at radius 2 is 1.80 bits per heavy atom. The summed E-state index contributed by atoms with van der Waals surface area (Å²) in [6, 6.07) is 19.3. The van der Waals surface area contributed by atoms with Crippen molar-refractivity contribution in [3.63, 3.8) is 0 Å². The van der Waals surface area contributed by atoms with Gasteiger partial charge in [-0.1, -0.05) is 42.5 Å². The molecule has 0 aliphatic rings. The highest BCUT2D eigenvalue weighted by Gasteiger charge is 2.23. The molecule has 0 bridgehead atoms. The average molecular weight is 404 g/mol. The van der Waals surface area contributed by atoms with Crippen molar-refractivity contribution in [3.8, 4) is 5.75 Å². The number of aromatic nitrogens is 1. The van der Waals surface area contributed by atoms with Crippen molar-refractivity contribution in [1.82, 2.24) is 10.3 Å². The van der Waals surface area contributed by atoms with Gasteiger partial charge >= 0.3 is 5.97 Å². The average Bonchev–Trinajstić information content (AvgIpc) is 2.79. The first-order chi connectivity index (χ1) is 14.7. The molecule has 0 saturated heterocycles. The number of nitrogens with one attached hydrogen (secondary N) is 1. The van der Waals surface area contributed by atoms with Crippen LogP contribution in [0.2, 0.25) is 0 Å². The zero-order valence-corrected chi connectivity index (χ0v) is 16.8. The molecule has 2 aromatic carbocycles. The molecule has 1 aromatic heterocycles. The fraction of sp³-hybridized carbons (Fsp3) is 0.208. The Kier molecular flexibility index (Phi) is 7.55. The largest absolute Gasteiger partial charge is 0.489 e. The number of hydrogen-bond donors (Lipinski definition) is 1. The molecule has 0 aliphatic heterocycles. The van der Waals surface area contributed by atoms with Crippen molar-refractivity contribution >= 4 is 11.9 Å². The van der Waals surface area contributed by atoms with Gasteiger partial charge in [0.15, 0.2) is 0 Å². The Labute approximate surface area is 175 Å². The molecule has 1 unspecified atom stereocenters. The number of carbonyl (C=O) groups excluding carboxylic acids is 2. The van der Waals surface area contributed by atoms with Gasteiger partial charge in [0.2, 0.25) is 0 Å². The van der Waals surface area contributed by atoms with Gasteiger partial charge in [0.05, 0.1) is 6.61 Å². The number of nitrogens with zero attached hydrogens (tertiary/aromatic N) is 1. The van der Waals surface area contributed by atoms with E-state index < -0.39 is 12.0 Å². The highest BCUT2D eigenvalue weighted by atomic mass is 16.5. The first-order valence-electron chi connectivity index (χ1n) is 9.79. The minimum atomic E-state index is -0.778. The summed E-state index contributed by atoms with van der Waals surface area (Å²) in [6.07, 6.45) is 3.77. The van der Waals surface area contributed by atoms with E-state index >= 15 is 0 Å². The lowest BCUT2D eigenvalue weighted by Crippen LogP contribution is -2.43. The van der Waals surface area contributed by atoms with Gasteiger partial charge in [0, 0.05) is 29.9 Å². The third kappa shape index (κ3) is 6.17. The lowest BCUT2D eigenvalue weighted by molar-refractivity contribution is -0.145. The van der Waals surface area contributed by atoms with Crippen LogP contribution in [-0.2, 0) is 22.6 Å². The van der Waals surface area contributed by atoms with Crippen LogP contribution in [0.15, 0.2) is 79.1 Å². The van der Waals surface area contributed by atoms with Crippen LogP contribution in [0.3, 0.4) is 0 Å². The standard InChI is InChI=1S/C24H24N2O4/c1-2-29-24(28)22(14-18-8-4-3-5-9-18)26-23(27)20-11-6-12-21(15-20)30-17-19-10-7-13-25-16-19/h3-13,15-16,22H,2,14,17H2,1H3,(H,26,27). The summed E-state index contributed by atoms with van der Waals surface area (Å²) < 4.78 is 10.9. The Bertz CT molecular complexity index is 961. The first-order valence-corrected chi connectivity index (χ1v) is 9.79. The van der Waals surface area contributed by atoms with Gasteiger partial charge in [0.1, 0.15) is 18.4 Å². The number of ether oxygens (including phenoxy) is 2. The molecule has 0 radical (unpaired) electrons. The molecule has 1 amide bonds. The molecule has 30 heavy (non-hydrogen) atoms. The summed E-state index contributed by atoms with van der Waals surface area (Å²) >= 11 is 0. The van der Waals surface area contributed by atoms with Crippen LogP contribution in [0.1, 0.15) is 28.4 Å². The van der Waals surface area contributed by atoms with Crippen LogP contribution < -0.4 is 10.1 Å². The van der Waals surface area contributed by atoms with E-state index in [1.54, 1.807) is 43.6 Å². The SMILES string of the molecule is CCOC(=O)C(Cc1ccccc1)NC(=O)c1cccc(OCc2cccnc2)c1. The van der Waals surface area contributed by atoms with E-state index in [1.165, 1.54) is 0 Å². The minimum absolute atomic E-state index is 0.248. The van der Waals surface area contributed by atoms with Crippen LogP contribution in [0.25, 0.3) is 0 Å². The van der Waals surface area contributed by atoms with Gasteiger partial charge in [-0.05, 0) is 36.8 Å². The maximum atomic E-state index is 12.8. The molecule has 1 heterocycles. The molecule has 0 saturated carbocycles. The maximum Gasteiger partial charge on any atom is 0.328 e. The van der Waals surface area contributed by atoms with Crippen molar-refractivity contribution in [3.05, 3.63) is 95.8 Å². The number of esters is 1. The fourth-order valence-electron chi connectivity index (χ4n) is 2.90. The fourth-order valence-corrected chi connectivity index (χ4v) is 2.90. The third-order valence-corrected chi connectivity index (χ3v) is 4.38. The number of carbonyl (C=O) groups is 2. The van der Waals surface area contributed by atoms with Crippen LogP contribution in [-0.4, -0.2) is 29.5 Å². The minimum Gasteiger partial charge on any atom is -0.489 e. The topological polar surface area (TPSA) is 77.5 Å². The summed E-state index contributed by atoms with van der Waals surface area (Å²) in [6.45, 7) is 2.33. The second-order valence-electron chi connectivity index (χ2n) is 6.65. The summed E-state index contributed by atoms with van der Waals surface area (Å²) in [4.78, 5) is 29.2. The summed E-state index contributed by atoms with van der Waals surface area (Å²) in [5, 5.41) is 2.79. The second-order valence-corrected chi connectivity index (χ2v) is 6.65. The van der Waals surface area contributed by atoms with Gasteiger partial charge in [-0.2, -0.15) is 0 Å². The Balaban J connectivity index is 1.67. The molecular formula is C24H24N2O4. The van der Waals surface area contributed by atoms with E-state index in [4.69, 9.17) is 9.47 Å². The lowest BCUT2D eigenvalue weighted by Gasteiger charge is -2.18. The molecule has 0 aliphatic carbocycles. The zero-order chi connectivity index (χ0) is 21.2. The van der Waals surface area contributed by atoms with E-state index in [0.717, 1.165) is 11.1 Å². The Hall–Kier alpha value is -3.67. The normalized spacial score (nSPS) is 11.4. The number of benzene rings is 2. The molecule has 3 aromatic rings. The van der Waals surface area contributed by atoms with E-state index in [-0.39, 0.29) is 12.5 Å². The smallest absolute Gasteiger partial charge is 0.328 e. The third-order valence-electron chi connectivity index (χ3n) is 4.38. The molecule has 1 atom stereocenters. The first kappa shape index (κ1) is 21.0. The van der Waals surface area contributed by atoms with E-state index in [1.807, 2.05) is 42.5 Å². The molecule has 6 nitrogen and oxygen atoms in total. The second kappa shape index (κ2) is 10.8. The quantitative estimate of drug-likeness (QED) is 0.552. The van der Waals surface area contributed by atoms with E-state index in [2.05, 4.69) is 10.3 Å². The summed E-state index contributed by atoms with van der Waals surface area (Å²) in [5.41, 5.74) is 2.27. The van der Waals surface area contributed by atoms with Crippen LogP contribution in [0.5, 0.6) is 5.75 Å². The monoisotopic (exact) mass is 404 g/mol.